The highest BCUT2D eigenvalue weighted by atomic mass is 127. The van der Waals surface area contributed by atoms with Gasteiger partial charge in [-0.05, 0) is 94.3 Å². The van der Waals surface area contributed by atoms with E-state index in [1.807, 2.05) is 12.5 Å². The molecule has 0 aliphatic carbocycles. The summed E-state index contributed by atoms with van der Waals surface area (Å²) in [5.74, 6) is -0.873. The molecule has 0 aromatic heterocycles. The van der Waals surface area contributed by atoms with E-state index in [-0.39, 0.29) is 60.3 Å². The summed E-state index contributed by atoms with van der Waals surface area (Å²) in [6, 6.07) is 8.88. The van der Waals surface area contributed by atoms with Gasteiger partial charge in [0.15, 0.2) is 0 Å². The van der Waals surface area contributed by atoms with Gasteiger partial charge in [0.2, 0.25) is 11.8 Å². The van der Waals surface area contributed by atoms with Gasteiger partial charge in [-0.15, -0.1) is 0 Å². The van der Waals surface area contributed by atoms with Crippen LogP contribution in [0.1, 0.15) is 83.1 Å². The molecule has 0 radical (unpaired) electrons. The van der Waals surface area contributed by atoms with Gasteiger partial charge in [0.25, 0.3) is 0 Å². The molecule has 0 spiro atoms. The molecule has 0 unspecified atom stereocenters. The van der Waals surface area contributed by atoms with Crippen molar-refractivity contribution in [3.05, 3.63) is 70.8 Å². The van der Waals surface area contributed by atoms with Crippen LogP contribution in [0.5, 0.6) is 0 Å². The van der Waals surface area contributed by atoms with Crippen LogP contribution in [0.3, 0.4) is 0 Å². The summed E-state index contributed by atoms with van der Waals surface area (Å²) in [6.07, 6.45) is -4.63. The van der Waals surface area contributed by atoms with E-state index in [1.54, 1.807) is 47.6 Å². The van der Waals surface area contributed by atoms with Crippen LogP contribution in [-0.4, -0.2) is 70.8 Å². The summed E-state index contributed by atoms with van der Waals surface area (Å²) >= 11 is 0. The number of ether oxygens (including phenoxy) is 2. The maximum atomic E-state index is 12.8. The summed E-state index contributed by atoms with van der Waals surface area (Å²) in [7, 11) is 0.0633. The van der Waals surface area contributed by atoms with Gasteiger partial charge in [-0.3, -0.25) is 14.4 Å². The molecule has 2 atom stereocenters. The fourth-order valence-corrected chi connectivity index (χ4v) is 5.75. The van der Waals surface area contributed by atoms with Crippen molar-refractivity contribution in [3.63, 3.8) is 0 Å². The third-order valence-electron chi connectivity index (χ3n) is 7.41. The minimum Gasteiger partial charge on any atom is -1.00 e. The quantitative estimate of drug-likeness (QED) is 0.151. The van der Waals surface area contributed by atoms with Crippen molar-refractivity contribution in [3.8, 4) is 0 Å². The maximum Gasteiger partial charge on any atom is 0.416 e. The van der Waals surface area contributed by atoms with E-state index in [1.165, 1.54) is 23.1 Å². The molecule has 2 aromatic carbocycles. The SMILES string of the molecule is CC(C)(C)OC(=O)C[C@H]1CCN(Cc2cccc(C(F)(F)F)c2)C1=O.C[S+](C)CC[C@H](NC(=O)OC(C)(C)C)C(=O)NCc1cccc(C(F)(F)F)c1.[I-]. The number of benzene rings is 2. The molecule has 1 heterocycles. The molecule has 304 valence electrons. The van der Waals surface area contributed by atoms with Crippen LogP contribution in [0.4, 0.5) is 31.1 Å². The number of alkyl halides is 6. The predicted molar refractivity (Wildman–Crippen MR) is 191 cm³/mol. The molecule has 1 fully saturated rings. The number of nitrogens with one attached hydrogen (secondary N) is 2. The van der Waals surface area contributed by atoms with Crippen LogP contribution in [0.2, 0.25) is 0 Å². The highest BCUT2D eigenvalue weighted by Crippen LogP contribution is 2.31. The van der Waals surface area contributed by atoms with E-state index < -0.39 is 64.6 Å². The standard InChI is InChI=1S/C19H27F3N2O3S.C18H22F3NO3.HI/c1-18(2,3)27-17(26)24-15(9-10-28(4)5)16(25)23-12-13-7-6-8-14(11-13)19(20,21)22;1-17(2,3)25-15(23)10-13-7-8-22(16(13)24)11-12-5-4-6-14(9-12)18(19,20)21;/h6-8,11,15H,9-10,12H2,1-5H3,(H-,23,24,25,26);4-6,9,13H,7-8,10-11H2,1-3H3;1H/t15-;13-;/m01./s1. The zero-order valence-electron chi connectivity index (χ0n) is 31.7. The number of hydrogen-bond acceptors (Lipinski definition) is 6. The fraction of sp³-hybridized carbons (Fsp3) is 0.568. The number of carbonyl (C=O) groups is 4. The second-order valence-electron chi connectivity index (χ2n) is 14.8. The first kappa shape index (κ1) is 48.8. The predicted octanol–water partition coefficient (Wildman–Crippen LogP) is 4.27. The van der Waals surface area contributed by atoms with Crippen LogP contribution in [0.15, 0.2) is 48.5 Å². The molecule has 54 heavy (non-hydrogen) atoms. The Hall–Kier alpha value is -3.22. The molecule has 1 aliphatic rings. The molecule has 0 saturated carbocycles. The number of amides is 3. The van der Waals surface area contributed by atoms with Gasteiger partial charge in [-0.1, -0.05) is 24.3 Å². The first-order valence-corrected chi connectivity index (χ1v) is 19.1. The Morgan fingerprint density at radius 3 is 1.87 bits per heavy atom. The lowest BCUT2D eigenvalue weighted by molar-refractivity contribution is -0.157. The van der Waals surface area contributed by atoms with Gasteiger partial charge in [0.1, 0.15) is 23.0 Å². The van der Waals surface area contributed by atoms with E-state index in [0.29, 0.717) is 30.5 Å². The van der Waals surface area contributed by atoms with E-state index in [0.717, 1.165) is 30.0 Å². The third kappa shape index (κ3) is 18.4. The summed E-state index contributed by atoms with van der Waals surface area (Å²) in [5.41, 5.74) is -2.09. The maximum absolute atomic E-state index is 12.8. The minimum atomic E-state index is -4.45. The molecular formula is C37H50F6IN3O6S. The summed E-state index contributed by atoms with van der Waals surface area (Å²) in [6.45, 7) is 10.8. The number of nitrogens with zero attached hydrogens (tertiary/aromatic N) is 1. The Bertz CT molecular complexity index is 1560. The molecule has 17 heteroatoms. The average Bonchev–Trinajstić information content (AvgIpc) is 3.33. The molecule has 3 rings (SSSR count). The van der Waals surface area contributed by atoms with Crippen molar-refractivity contribution in [2.75, 3.05) is 24.8 Å². The lowest BCUT2D eigenvalue weighted by atomic mass is 10.0. The smallest absolute Gasteiger partial charge is 0.416 e. The Morgan fingerprint density at radius 1 is 0.852 bits per heavy atom. The van der Waals surface area contributed by atoms with E-state index in [2.05, 4.69) is 10.6 Å². The van der Waals surface area contributed by atoms with Crippen molar-refractivity contribution in [1.29, 1.82) is 0 Å². The number of esters is 1. The van der Waals surface area contributed by atoms with E-state index in [9.17, 15) is 45.5 Å². The summed E-state index contributed by atoms with van der Waals surface area (Å²) < 4.78 is 87.1. The molecule has 2 N–H and O–H groups in total. The van der Waals surface area contributed by atoms with Gasteiger partial charge < -0.3 is 49.0 Å². The average molecular weight is 906 g/mol. The Labute approximate surface area is 333 Å². The lowest BCUT2D eigenvalue weighted by Crippen LogP contribution is -3.00. The van der Waals surface area contributed by atoms with Crippen LogP contribution in [0, 0.1) is 5.92 Å². The van der Waals surface area contributed by atoms with Crippen LogP contribution >= 0.6 is 0 Å². The zero-order valence-corrected chi connectivity index (χ0v) is 34.6. The monoisotopic (exact) mass is 905 g/mol. The molecule has 9 nitrogen and oxygen atoms in total. The highest BCUT2D eigenvalue weighted by Gasteiger charge is 2.35. The molecule has 2 aromatic rings. The summed E-state index contributed by atoms with van der Waals surface area (Å²) in [4.78, 5) is 50.3. The Morgan fingerprint density at radius 2 is 1.37 bits per heavy atom. The molecule has 1 aliphatic heterocycles. The minimum absolute atomic E-state index is 0. The van der Waals surface area contributed by atoms with Gasteiger partial charge in [-0.25, -0.2) is 4.79 Å². The molecule has 0 bridgehead atoms. The molecule has 3 amide bonds. The van der Waals surface area contributed by atoms with Crippen molar-refractivity contribution >= 4 is 34.8 Å². The second kappa shape index (κ2) is 20.6. The molecule has 1 saturated heterocycles. The first-order chi connectivity index (χ1) is 24.2. The van der Waals surface area contributed by atoms with Crippen molar-refractivity contribution in [2.24, 2.45) is 5.92 Å². The van der Waals surface area contributed by atoms with Crippen LogP contribution < -0.4 is 34.6 Å². The number of hydrogen-bond donors (Lipinski definition) is 2. The normalized spacial score (nSPS) is 15.4. The third-order valence-corrected chi connectivity index (χ3v) is 8.46. The fourth-order valence-electron chi connectivity index (χ4n) is 5.04. The number of carbonyl (C=O) groups excluding carboxylic acids is 4. The number of halogens is 7. The van der Waals surface area contributed by atoms with E-state index >= 15 is 0 Å². The highest BCUT2D eigenvalue weighted by molar-refractivity contribution is 7.95. The first-order valence-electron chi connectivity index (χ1n) is 16.9. The summed E-state index contributed by atoms with van der Waals surface area (Å²) in [5, 5.41) is 5.15. The number of likely N-dealkylation sites (tertiary alicyclic amines) is 1. The topological polar surface area (TPSA) is 114 Å². The van der Waals surface area contributed by atoms with Gasteiger partial charge >= 0.3 is 24.4 Å². The number of alkyl carbamates (subject to hydrolysis) is 1. The van der Waals surface area contributed by atoms with Crippen LogP contribution in [0.25, 0.3) is 0 Å². The van der Waals surface area contributed by atoms with Crippen LogP contribution in [-0.2, 0) is 60.2 Å². The molecular weight excluding hydrogens is 855 g/mol. The van der Waals surface area contributed by atoms with Crippen molar-refractivity contribution in [2.45, 2.75) is 103 Å². The number of rotatable bonds is 11. The van der Waals surface area contributed by atoms with Gasteiger partial charge in [0.05, 0.1) is 36.0 Å². The lowest BCUT2D eigenvalue weighted by Gasteiger charge is -2.23. The zero-order chi connectivity index (χ0) is 40.4. The Kier molecular flexibility index (Phi) is 18.6. The van der Waals surface area contributed by atoms with Gasteiger partial charge in [0, 0.05) is 26.1 Å². The second-order valence-corrected chi connectivity index (χ2v) is 17.2. The van der Waals surface area contributed by atoms with Gasteiger partial charge in [-0.2, -0.15) is 26.3 Å². The van der Waals surface area contributed by atoms with Crippen molar-refractivity contribution in [1.82, 2.24) is 15.5 Å². The Balaban J connectivity index is 0.000000533. The van der Waals surface area contributed by atoms with E-state index in [4.69, 9.17) is 9.47 Å². The largest absolute Gasteiger partial charge is 1.00 e. The van der Waals surface area contributed by atoms with Crippen molar-refractivity contribution < 1.29 is 79.0 Å².